The van der Waals surface area contributed by atoms with Crippen molar-refractivity contribution in [3.05, 3.63) is 58.3 Å². The number of benzene rings is 1. The maximum atomic E-state index is 13.3. The predicted octanol–water partition coefficient (Wildman–Crippen LogP) is 3.87. The Morgan fingerprint density at radius 3 is 2.34 bits per heavy atom. The highest BCUT2D eigenvalue weighted by Crippen LogP contribution is 2.35. The number of pyridine rings is 1. The Morgan fingerprint density at radius 1 is 1.07 bits per heavy atom. The van der Waals surface area contributed by atoms with E-state index in [2.05, 4.69) is 25.9 Å². The van der Waals surface area contributed by atoms with Gasteiger partial charge in [-0.05, 0) is 41.1 Å². The number of hydrogen-bond donors (Lipinski definition) is 0. The summed E-state index contributed by atoms with van der Waals surface area (Å²) in [5.41, 5.74) is 1.56. The number of halogens is 1. The van der Waals surface area contributed by atoms with E-state index in [1.54, 1.807) is 17.5 Å². The van der Waals surface area contributed by atoms with Crippen molar-refractivity contribution in [2.24, 2.45) is 0 Å². The Kier molecular flexibility index (Phi) is 4.88. The Hall–Kier alpha value is -2.08. The normalized spacial score (nSPS) is 12.5. The van der Waals surface area contributed by atoms with Crippen LogP contribution in [0.1, 0.15) is 5.56 Å². The molecule has 1 aromatic carbocycles. The van der Waals surface area contributed by atoms with Crippen LogP contribution < -0.4 is 0 Å². The van der Waals surface area contributed by atoms with Gasteiger partial charge in [-0.3, -0.25) is 0 Å². The molecule has 0 fully saturated rings. The van der Waals surface area contributed by atoms with Gasteiger partial charge in [0.25, 0.3) is 10.0 Å². The van der Waals surface area contributed by atoms with Crippen LogP contribution in [-0.2, 0) is 19.9 Å². The second-order valence-electron chi connectivity index (χ2n) is 6.45. The van der Waals surface area contributed by atoms with E-state index in [1.807, 2.05) is 6.92 Å². The molecule has 0 atom stereocenters. The molecule has 0 amide bonds. The van der Waals surface area contributed by atoms with Crippen LogP contribution in [0, 0.1) is 6.92 Å². The number of sulfone groups is 1. The standard InChI is InChI=1S/C18H14BrN3O4S3/c1-11-3-5-12(6-4-11)29(25,26)22-9-15(18-21-16(19)10-27-18)14-7-13(28(2,23)24)8-20-17(14)22/h3-10H,1-2H3. The first kappa shape index (κ1) is 20.2. The fourth-order valence-corrected chi connectivity index (χ4v) is 6.00. The number of aromatic nitrogens is 3. The number of fused-ring (bicyclic) bond motifs is 1. The van der Waals surface area contributed by atoms with Gasteiger partial charge in [-0.1, -0.05) is 17.7 Å². The fraction of sp³-hybridized carbons (Fsp3) is 0.111. The summed E-state index contributed by atoms with van der Waals surface area (Å²) in [4.78, 5) is 8.65. The molecule has 0 saturated carbocycles. The molecule has 3 aromatic heterocycles. The molecule has 7 nitrogen and oxygen atoms in total. The van der Waals surface area contributed by atoms with Crippen molar-refractivity contribution >= 4 is 58.2 Å². The van der Waals surface area contributed by atoms with Crippen molar-refractivity contribution in [1.29, 1.82) is 0 Å². The molecular formula is C18H14BrN3O4S3. The lowest BCUT2D eigenvalue weighted by Crippen LogP contribution is -2.12. The minimum absolute atomic E-state index is 0.00681. The molecule has 4 aromatic rings. The number of hydrogen-bond acceptors (Lipinski definition) is 7. The first-order valence-corrected chi connectivity index (χ1v) is 13.2. The monoisotopic (exact) mass is 511 g/mol. The van der Waals surface area contributed by atoms with Crippen LogP contribution in [0.4, 0.5) is 0 Å². The van der Waals surface area contributed by atoms with Gasteiger partial charge in [0.15, 0.2) is 15.5 Å². The zero-order valence-corrected chi connectivity index (χ0v) is 19.2. The SMILES string of the molecule is Cc1ccc(S(=O)(=O)n2cc(-c3nc(Br)cs3)c3cc(S(C)(=O)=O)cnc32)cc1. The molecule has 29 heavy (non-hydrogen) atoms. The van der Waals surface area contributed by atoms with Crippen molar-refractivity contribution in [3.8, 4) is 10.6 Å². The van der Waals surface area contributed by atoms with Gasteiger partial charge in [-0.2, -0.15) is 0 Å². The quantitative estimate of drug-likeness (QED) is 0.412. The van der Waals surface area contributed by atoms with Crippen LogP contribution in [-0.4, -0.2) is 37.0 Å². The lowest BCUT2D eigenvalue weighted by atomic mass is 10.2. The number of thiazole rings is 1. The molecule has 0 bridgehead atoms. The van der Waals surface area contributed by atoms with Gasteiger partial charge >= 0.3 is 0 Å². The third-order valence-corrected chi connectivity index (χ3v) is 8.63. The molecular weight excluding hydrogens is 498 g/mol. The van der Waals surface area contributed by atoms with Crippen LogP contribution >= 0.6 is 27.3 Å². The van der Waals surface area contributed by atoms with E-state index in [4.69, 9.17) is 0 Å². The molecule has 150 valence electrons. The fourth-order valence-electron chi connectivity index (χ4n) is 2.82. The summed E-state index contributed by atoms with van der Waals surface area (Å²) in [5.74, 6) is 0. The van der Waals surface area contributed by atoms with Crippen LogP contribution in [0.5, 0.6) is 0 Å². The van der Waals surface area contributed by atoms with Crippen LogP contribution in [0.25, 0.3) is 21.6 Å². The van der Waals surface area contributed by atoms with E-state index in [-0.39, 0.29) is 15.4 Å². The van der Waals surface area contributed by atoms with E-state index >= 15 is 0 Å². The Labute approximate surface area is 180 Å². The van der Waals surface area contributed by atoms with Crippen molar-refractivity contribution < 1.29 is 16.8 Å². The van der Waals surface area contributed by atoms with Gasteiger partial charge in [-0.15, -0.1) is 11.3 Å². The summed E-state index contributed by atoms with van der Waals surface area (Å²) in [6.45, 7) is 1.87. The zero-order valence-electron chi connectivity index (χ0n) is 15.2. The minimum Gasteiger partial charge on any atom is -0.236 e. The highest BCUT2D eigenvalue weighted by Gasteiger charge is 2.25. The Bertz CT molecular complexity index is 1450. The average Bonchev–Trinajstić information content (AvgIpc) is 3.24. The molecule has 0 spiro atoms. The van der Waals surface area contributed by atoms with E-state index < -0.39 is 19.9 Å². The van der Waals surface area contributed by atoms with Crippen molar-refractivity contribution in [1.82, 2.24) is 13.9 Å². The van der Waals surface area contributed by atoms with E-state index in [0.717, 1.165) is 15.8 Å². The van der Waals surface area contributed by atoms with Crippen LogP contribution in [0.15, 0.2) is 62.5 Å². The highest BCUT2D eigenvalue weighted by atomic mass is 79.9. The third kappa shape index (κ3) is 3.63. The zero-order chi connectivity index (χ0) is 21.0. The molecule has 0 radical (unpaired) electrons. The van der Waals surface area contributed by atoms with Gasteiger partial charge in [0, 0.05) is 35.0 Å². The van der Waals surface area contributed by atoms with E-state index in [0.29, 0.717) is 20.6 Å². The van der Waals surface area contributed by atoms with Gasteiger partial charge in [-0.25, -0.2) is 30.8 Å². The summed E-state index contributed by atoms with van der Waals surface area (Å²) < 4.78 is 52.2. The maximum Gasteiger partial charge on any atom is 0.269 e. The minimum atomic E-state index is -3.94. The first-order chi connectivity index (χ1) is 13.6. The van der Waals surface area contributed by atoms with Crippen molar-refractivity contribution in [3.63, 3.8) is 0 Å². The van der Waals surface area contributed by atoms with Gasteiger partial charge < -0.3 is 0 Å². The Morgan fingerprint density at radius 2 is 1.76 bits per heavy atom. The van der Waals surface area contributed by atoms with Crippen molar-refractivity contribution in [2.45, 2.75) is 16.7 Å². The van der Waals surface area contributed by atoms with Gasteiger partial charge in [0.05, 0.1) is 9.79 Å². The third-order valence-electron chi connectivity index (χ3n) is 4.30. The number of nitrogens with zero attached hydrogens (tertiary/aromatic N) is 3. The molecule has 11 heteroatoms. The largest absolute Gasteiger partial charge is 0.269 e. The smallest absolute Gasteiger partial charge is 0.236 e. The van der Waals surface area contributed by atoms with E-state index in [1.165, 1.54) is 41.9 Å². The second-order valence-corrected chi connectivity index (χ2v) is 11.9. The maximum absolute atomic E-state index is 13.3. The van der Waals surface area contributed by atoms with Crippen LogP contribution in [0.3, 0.4) is 0 Å². The Balaban J connectivity index is 2.04. The van der Waals surface area contributed by atoms with Crippen LogP contribution in [0.2, 0.25) is 0 Å². The molecule has 0 saturated heterocycles. The predicted molar refractivity (Wildman–Crippen MR) is 115 cm³/mol. The summed E-state index contributed by atoms with van der Waals surface area (Å²) in [7, 11) is -7.46. The lowest BCUT2D eigenvalue weighted by molar-refractivity contribution is 0.588. The summed E-state index contributed by atoms with van der Waals surface area (Å²) in [6.07, 6.45) is 3.68. The topological polar surface area (TPSA) is 99.0 Å². The molecule has 3 heterocycles. The molecule has 0 aliphatic rings. The summed E-state index contributed by atoms with van der Waals surface area (Å²) >= 11 is 4.60. The molecule has 0 unspecified atom stereocenters. The van der Waals surface area contributed by atoms with Crippen molar-refractivity contribution in [2.75, 3.05) is 6.26 Å². The number of aryl methyl sites for hydroxylation is 1. The second kappa shape index (κ2) is 7.01. The summed E-state index contributed by atoms with van der Waals surface area (Å²) in [5, 5.41) is 2.71. The molecule has 0 aliphatic carbocycles. The molecule has 4 rings (SSSR count). The molecule has 0 aliphatic heterocycles. The van der Waals surface area contributed by atoms with Gasteiger partial charge in [0.1, 0.15) is 9.61 Å². The average molecular weight is 512 g/mol. The lowest BCUT2D eigenvalue weighted by Gasteiger charge is -2.07. The molecule has 0 N–H and O–H groups in total. The van der Waals surface area contributed by atoms with E-state index in [9.17, 15) is 16.8 Å². The summed E-state index contributed by atoms with van der Waals surface area (Å²) in [6, 6.07) is 7.92. The first-order valence-electron chi connectivity index (χ1n) is 8.22. The van der Waals surface area contributed by atoms with Gasteiger partial charge in [0.2, 0.25) is 0 Å². The number of rotatable bonds is 4. The highest BCUT2D eigenvalue weighted by molar-refractivity contribution is 9.10.